The molecule has 7 heteroatoms. The smallest absolute Gasteiger partial charge is 0.273 e. The number of amides is 1. The molecule has 1 atom stereocenters. The van der Waals surface area contributed by atoms with Gasteiger partial charge in [0.15, 0.2) is 0 Å². The van der Waals surface area contributed by atoms with E-state index in [-0.39, 0.29) is 17.6 Å². The molecule has 1 aliphatic rings. The number of nitro groups is 1. The van der Waals surface area contributed by atoms with Crippen LogP contribution in [0.1, 0.15) is 18.4 Å². The maximum Gasteiger partial charge on any atom is 0.273 e. The summed E-state index contributed by atoms with van der Waals surface area (Å²) in [4.78, 5) is 21.5. The summed E-state index contributed by atoms with van der Waals surface area (Å²) in [6, 6.07) is 4.64. The Morgan fingerprint density at radius 1 is 1.53 bits per heavy atom. The van der Waals surface area contributed by atoms with Crippen molar-refractivity contribution in [2.24, 2.45) is 0 Å². The highest BCUT2D eigenvalue weighted by molar-refractivity contribution is 6.30. The Labute approximate surface area is 115 Å². The zero-order chi connectivity index (χ0) is 13.8. The highest BCUT2D eigenvalue weighted by Gasteiger charge is 2.19. The van der Waals surface area contributed by atoms with Crippen LogP contribution in [-0.2, 0) is 11.3 Å². The van der Waals surface area contributed by atoms with Gasteiger partial charge in [-0.05, 0) is 18.6 Å². The number of nitrogens with one attached hydrogen (secondary N) is 2. The molecule has 0 aromatic heterocycles. The summed E-state index contributed by atoms with van der Waals surface area (Å²) in [7, 11) is 0. The van der Waals surface area contributed by atoms with Crippen LogP contribution in [0.15, 0.2) is 18.2 Å². The molecule has 2 N–H and O–H groups in total. The van der Waals surface area contributed by atoms with Crippen molar-refractivity contribution in [3.8, 4) is 0 Å². The number of hydrogen-bond donors (Lipinski definition) is 2. The van der Waals surface area contributed by atoms with Gasteiger partial charge < -0.3 is 10.6 Å². The first kappa shape index (κ1) is 13.8. The van der Waals surface area contributed by atoms with Crippen molar-refractivity contribution < 1.29 is 9.72 Å². The monoisotopic (exact) mass is 283 g/mol. The van der Waals surface area contributed by atoms with Gasteiger partial charge in [0.1, 0.15) is 0 Å². The Bertz CT molecular complexity index is 497. The molecule has 0 aliphatic carbocycles. The highest BCUT2D eigenvalue weighted by Crippen LogP contribution is 2.22. The number of hydrogen-bond acceptors (Lipinski definition) is 4. The molecule has 102 valence electrons. The van der Waals surface area contributed by atoms with E-state index in [1.165, 1.54) is 12.1 Å². The molecule has 0 spiro atoms. The minimum absolute atomic E-state index is 0.0480. The van der Waals surface area contributed by atoms with Crippen LogP contribution in [0.25, 0.3) is 0 Å². The molecule has 6 nitrogen and oxygen atoms in total. The number of nitrogens with zero attached hydrogens (tertiary/aromatic N) is 1. The average Bonchev–Trinajstić information content (AvgIpc) is 2.38. The zero-order valence-electron chi connectivity index (χ0n) is 10.2. The number of carbonyl (C=O) groups is 1. The fraction of sp³-hybridized carbons (Fsp3) is 0.417. The summed E-state index contributed by atoms with van der Waals surface area (Å²) in [5.74, 6) is 0.0480. The van der Waals surface area contributed by atoms with Gasteiger partial charge >= 0.3 is 0 Å². The van der Waals surface area contributed by atoms with Crippen LogP contribution in [0.3, 0.4) is 0 Å². The zero-order valence-corrected chi connectivity index (χ0v) is 10.9. The van der Waals surface area contributed by atoms with E-state index in [1.54, 1.807) is 6.07 Å². The predicted octanol–water partition coefficient (Wildman–Crippen LogP) is 1.62. The van der Waals surface area contributed by atoms with Gasteiger partial charge in [-0.1, -0.05) is 11.6 Å². The predicted molar refractivity (Wildman–Crippen MR) is 71.0 cm³/mol. The van der Waals surface area contributed by atoms with Gasteiger partial charge in [0.05, 0.1) is 4.92 Å². The number of halogens is 1. The van der Waals surface area contributed by atoms with Crippen molar-refractivity contribution in [3.63, 3.8) is 0 Å². The molecule has 1 fully saturated rings. The summed E-state index contributed by atoms with van der Waals surface area (Å²) < 4.78 is 0. The third-order valence-electron chi connectivity index (χ3n) is 3.08. The van der Waals surface area contributed by atoms with Crippen molar-refractivity contribution >= 4 is 23.2 Å². The van der Waals surface area contributed by atoms with E-state index in [4.69, 9.17) is 11.6 Å². The topological polar surface area (TPSA) is 84.3 Å². The van der Waals surface area contributed by atoms with E-state index in [0.717, 1.165) is 6.42 Å². The minimum Gasteiger partial charge on any atom is -0.355 e. The van der Waals surface area contributed by atoms with Gasteiger partial charge in [0.25, 0.3) is 5.69 Å². The molecule has 19 heavy (non-hydrogen) atoms. The minimum atomic E-state index is -0.421. The normalized spacial score (nSPS) is 19.0. The summed E-state index contributed by atoms with van der Waals surface area (Å²) in [6.45, 7) is 0.907. The van der Waals surface area contributed by atoms with Crippen LogP contribution in [0.2, 0.25) is 5.02 Å². The van der Waals surface area contributed by atoms with Crippen LogP contribution in [0.4, 0.5) is 5.69 Å². The van der Waals surface area contributed by atoms with Gasteiger partial charge in [-0.15, -0.1) is 0 Å². The van der Waals surface area contributed by atoms with E-state index in [9.17, 15) is 14.9 Å². The summed E-state index contributed by atoms with van der Waals surface area (Å²) in [5, 5.41) is 17.3. The fourth-order valence-electron chi connectivity index (χ4n) is 2.04. The number of piperidine rings is 1. The van der Waals surface area contributed by atoms with Gasteiger partial charge in [-0.25, -0.2) is 0 Å². The summed E-state index contributed by atoms with van der Waals surface area (Å²) in [5.41, 5.74) is 0.603. The third kappa shape index (κ3) is 3.65. The Hall–Kier alpha value is -1.66. The van der Waals surface area contributed by atoms with E-state index in [2.05, 4.69) is 10.6 Å². The number of benzene rings is 1. The SMILES string of the molecule is O=C1CCC(NCc2cc(Cl)ccc2[N+](=O)[O-])CN1. The largest absolute Gasteiger partial charge is 0.355 e. The van der Waals surface area contributed by atoms with Crippen molar-refractivity contribution in [1.82, 2.24) is 10.6 Å². The molecule has 1 saturated heterocycles. The Morgan fingerprint density at radius 2 is 2.32 bits per heavy atom. The van der Waals surface area contributed by atoms with Crippen molar-refractivity contribution in [2.45, 2.75) is 25.4 Å². The standard InChI is InChI=1S/C12H14ClN3O3/c13-9-1-3-11(16(18)19)8(5-9)6-14-10-2-4-12(17)15-7-10/h1,3,5,10,14H,2,4,6-7H2,(H,15,17). The lowest BCUT2D eigenvalue weighted by atomic mass is 10.1. The van der Waals surface area contributed by atoms with Crippen molar-refractivity contribution in [2.75, 3.05) is 6.54 Å². The van der Waals surface area contributed by atoms with Crippen LogP contribution >= 0.6 is 11.6 Å². The van der Waals surface area contributed by atoms with Gasteiger partial charge in [0, 0.05) is 42.2 Å². The van der Waals surface area contributed by atoms with E-state index < -0.39 is 4.92 Å². The third-order valence-corrected chi connectivity index (χ3v) is 3.32. The maximum absolute atomic E-state index is 11.0. The first-order valence-corrected chi connectivity index (χ1v) is 6.37. The van der Waals surface area contributed by atoms with Gasteiger partial charge in [0.2, 0.25) is 5.91 Å². The fourth-order valence-corrected chi connectivity index (χ4v) is 2.23. The first-order valence-electron chi connectivity index (χ1n) is 5.99. The van der Waals surface area contributed by atoms with E-state index in [1.807, 2.05) is 0 Å². The quantitative estimate of drug-likeness (QED) is 0.649. The van der Waals surface area contributed by atoms with Crippen LogP contribution < -0.4 is 10.6 Å². The molecule has 1 aliphatic heterocycles. The second-order valence-electron chi connectivity index (χ2n) is 4.45. The van der Waals surface area contributed by atoms with Crippen LogP contribution in [0.5, 0.6) is 0 Å². The summed E-state index contributed by atoms with van der Waals surface area (Å²) >= 11 is 5.85. The average molecular weight is 284 g/mol. The second-order valence-corrected chi connectivity index (χ2v) is 4.89. The van der Waals surface area contributed by atoms with Gasteiger partial charge in [-0.3, -0.25) is 14.9 Å². The lowest BCUT2D eigenvalue weighted by Crippen LogP contribution is -2.45. The second kappa shape index (κ2) is 5.99. The van der Waals surface area contributed by atoms with Crippen LogP contribution in [-0.4, -0.2) is 23.4 Å². The van der Waals surface area contributed by atoms with E-state index in [0.29, 0.717) is 30.1 Å². The first-order chi connectivity index (χ1) is 9.06. The number of nitro benzene ring substituents is 1. The van der Waals surface area contributed by atoms with Crippen molar-refractivity contribution in [3.05, 3.63) is 38.9 Å². The molecule has 2 rings (SSSR count). The number of carbonyl (C=O) groups excluding carboxylic acids is 1. The molecule has 1 amide bonds. The Kier molecular flexibility index (Phi) is 4.34. The summed E-state index contributed by atoms with van der Waals surface area (Å²) in [6.07, 6.45) is 1.22. The van der Waals surface area contributed by atoms with Gasteiger partial charge in [-0.2, -0.15) is 0 Å². The highest BCUT2D eigenvalue weighted by atomic mass is 35.5. The molecule has 0 saturated carbocycles. The lowest BCUT2D eigenvalue weighted by Gasteiger charge is -2.23. The molecule has 0 radical (unpaired) electrons. The molecule has 1 aromatic carbocycles. The molecule has 0 bridgehead atoms. The Morgan fingerprint density at radius 3 is 2.95 bits per heavy atom. The Balaban J connectivity index is 2.00. The maximum atomic E-state index is 11.0. The molecule has 1 heterocycles. The van der Waals surface area contributed by atoms with Crippen LogP contribution in [0, 0.1) is 10.1 Å². The van der Waals surface area contributed by atoms with E-state index >= 15 is 0 Å². The van der Waals surface area contributed by atoms with Crippen molar-refractivity contribution in [1.29, 1.82) is 0 Å². The molecule has 1 unspecified atom stereocenters. The number of rotatable bonds is 4. The lowest BCUT2D eigenvalue weighted by molar-refractivity contribution is -0.385. The molecular formula is C12H14ClN3O3. The molecular weight excluding hydrogens is 270 g/mol. The molecule has 1 aromatic rings.